The molecule has 2 N–H and O–H groups in total. The summed E-state index contributed by atoms with van der Waals surface area (Å²) in [5, 5.41) is 3.89. The summed E-state index contributed by atoms with van der Waals surface area (Å²) in [5.41, 5.74) is 5.77. The SMILES string of the molecule is CC(C)(C)OCc1nc(C(N)C2CC2)no1. The average Bonchev–Trinajstić information content (AvgIpc) is 2.92. The molecule has 1 fully saturated rings. The summed E-state index contributed by atoms with van der Waals surface area (Å²) >= 11 is 0. The van der Waals surface area contributed by atoms with E-state index in [1.807, 2.05) is 20.8 Å². The van der Waals surface area contributed by atoms with Gasteiger partial charge in [0.15, 0.2) is 5.82 Å². The maximum atomic E-state index is 5.97. The molecule has 5 nitrogen and oxygen atoms in total. The van der Waals surface area contributed by atoms with Crippen molar-refractivity contribution in [2.45, 2.75) is 51.9 Å². The van der Waals surface area contributed by atoms with E-state index in [0.29, 0.717) is 24.2 Å². The highest BCUT2D eigenvalue weighted by Gasteiger charge is 2.32. The Morgan fingerprint density at radius 3 is 2.75 bits per heavy atom. The first-order valence-electron chi connectivity index (χ1n) is 5.68. The first kappa shape index (κ1) is 11.5. The van der Waals surface area contributed by atoms with E-state index in [4.69, 9.17) is 15.0 Å². The lowest BCUT2D eigenvalue weighted by molar-refractivity contribution is -0.0260. The van der Waals surface area contributed by atoms with Crippen molar-refractivity contribution in [3.8, 4) is 0 Å². The molecule has 0 spiro atoms. The minimum absolute atomic E-state index is 0.0767. The van der Waals surface area contributed by atoms with Crippen LogP contribution in [0.5, 0.6) is 0 Å². The molecule has 0 saturated heterocycles. The van der Waals surface area contributed by atoms with Crippen LogP contribution >= 0.6 is 0 Å². The van der Waals surface area contributed by atoms with Gasteiger partial charge in [0.25, 0.3) is 5.89 Å². The molecular formula is C11H19N3O2. The van der Waals surface area contributed by atoms with E-state index in [1.54, 1.807) is 0 Å². The Kier molecular flexibility index (Phi) is 2.99. The van der Waals surface area contributed by atoms with Crippen LogP contribution in [0.4, 0.5) is 0 Å². The van der Waals surface area contributed by atoms with Crippen LogP contribution in [0.3, 0.4) is 0 Å². The number of rotatable bonds is 4. The highest BCUT2D eigenvalue weighted by Crippen LogP contribution is 2.38. The van der Waals surface area contributed by atoms with Crippen LogP contribution in [0.2, 0.25) is 0 Å². The van der Waals surface area contributed by atoms with Gasteiger partial charge >= 0.3 is 0 Å². The molecule has 1 aromatic heterocycles. The van der Waals surface area contributed by atoms with E-state index in [1.165, 1.54) is 12.8 Å². The molecule has 0 bridgehead atoms. The van der Waals surface area contributed by atoms with Crippen molar-refractivity contribution >= 4 is 0 Å². The van der Waals surface area contributed by atoms with Crippen LogP contribution < -0.4 is 5.73 Å². The first-order chi connectivity index (χ1) is 7.46. The minimum Gasteiger partial charge on any atom is -0.366 e. The molecule has 0 aromatic carbocycles. The van der Waals surface area contributed by atoms with E-state index in [9.17, 15) is 0 Å². The van der Waals surface area contributed by atoms with Crippen LogP contribution in [0.25, 0.3) is 0 Å². The van der Waals surface area contributed by atoms with Crippen LogP contribution in [-0.4, -0.2) is 15.7 Å². The normalized spacial score (nSPS) is 18.8. The third-order valence-corrected chi connectivity index (χ3v) is 2.54. The molecular weight excluding hydrogens is 206 g/mol. The van der Waals surface area contributed by atoms with Gasteiger partial charge in [-0.2, -0.15) is 4.98 Å². The van der Waals surface area contributed by atoms with Crippen molar-refractivity contribution in [3.63, 3.8) is 0 Å². The van der Waals surface area contributed by atoms with Gasteiger partial charge in [-0.25, -0.2) is 0 Å². The smallest absolute Gasteiger partial charge is 0.252 e. The predicted molar refractivity (Wildman–Crippen MR) is 58.5 cm³/mol. The van der Waals surface area contributed by atoms with Gasteiger partial charge in [0, 0.05) is 0 Å². The summed E-state index contributed by atoms with van der Waals surface area (Å²) in [6.07, 6.45) is 2.34. The molecule has 2 rings (SSSR count). The highest BCUT2D eigenvalue weighted by atomic mass is 16.5. The number of ether oxygens (including phenoxy) is 1. The molecule has 0 radical (unpaired) electrons. The largest absolute Gasteiger partial charge is 0.366 e. The molecule has 0 aliphatic heterocycles. The fraction of sp³-hybridized carbons (Fsp3) is 0.818. The lowest BCUT2D eigenvalue weighted by Gasteiger charge is -2.17. The van der Waals surface area contributed by atoms with E-state index < -0.39 is 0 Å². The predicted octanol–water partition coefficient (Wildman–Crippen LogP) is 1.79. The number of hydrogen-bond donors (Lipinski definition) is 1. The lowest BCUT2D eigenvalue weighted by Crippen LogP contribution is -2.19. The van der Waals surface area contributed by atoms with Gasteiger partial charge in [-0.1, -0.05) is 5.16 Å². The third kappa shape index (κ3) is 3.02. The molecule has 90 valence electrons. The maximum absolute atomic E-state index is 5.97. The summed E-state index contributed by atoms with van der Waals surface area (Å²) in [7, 11) is 0. The van der Waals surface area contributed by atoms with Gasteiger partial charge in [-0.3, -0.25) is 0 Å². The van der Waals surface area contributed by atoms with Gasteiger partial charge < -0.3 is 15.0 Å². The van der Waals surface area contributed by atoms with Crippen molar-refractivity contribution < 1.29 is 9.26 Å². The average molecular weight is 225 g/mol. The Morgan fingerprint density at radius 2 is 2.19 bits per heavy atom. The quantitative estimate of drug-likeness (QED) is 0.845. The Balaban J connectivity index is 1.91. The monoisotopic (exact) mass is 225 g/mol. The van der Waals surface area contributed by atoms with Crippen LogP contribution in [0, 0.1) is 5.92 Å². The maximum Gasteiger partial charge on any atom is 0.252 e. The number of nitrogens with two attached hydrogens (primary N) is 1. The molecule has 0 amide bonds. The lowest BCUT2D eigenvalue weighted by atomic mass is 10.2. The Labute approximate surface area is 95.3 Å². The minimum atomic E-state index is -0.201. The number of nitrogens with zero attached hydrogens (tertiary/aromatic N) is 2. The van der Waals surface area contributed by atoms with Crippen LogP contribution in [0.1, 0.15) is 51.4 Å². The summed E-state index contributed by atoms with van der Waals surface area (Å²) in [5.74, 6) is 1.64. The second kappa shape index (κ2) is 4.14. The highest BCUT2D eigenvalue weighted by molar-refractivity contribution is 4.99. The molecule has 1 heterocycles. The Bertz CT molecular complexity index is 352. The van der Waals surface area contributed by atoms with E-state index in [2.05, 4.69) is 10.1 Å². The Hall–Kier alpha value is -0.940. The van der Waals surface area contributed by atoms with Crippen molar-refractivity contribution in [3.05, 3.63) is 11.7 Å². The van der Waals surface area contributed by atoms with Gasteiger partial charge in [0.2, 0.25) is 0 Å². The second-order valence-electron chi connectivity index (χ2n) is 5.31. The number of aromatic nitrogens is 2. The molecule has 1 aliphatic rings. The summed E-state index contributed by atoms with van der Waals surface area (Å²) < 4.78 is 10.6. The van der Waals surface area contributed by atoms with Crippen LogP contribution in [-0.2, 0) is 11.3 Å². The third-order valence-electron chi connectivity index (χ3n) is 2.54. The zero-order valence-electron chi connectivity index (χ0n) is 10.1. The molecule has 1 saturated carbocycles. The summed E-state index contributed by atoms with van der Waals surface area (Å²) in [4.78, 5) is 4.25. The van der Waals surface area contributed by atoms with Gasteiger partial charge in [0.1, 0.15) is 6.61 Å². The zero-order valence-corrected chi connectivity index (χ0v) is 10.1. The number of hydrogen-bond acceptors (Lipinski definition) is 5. The van der Waals surface area contributed by atoms with Crippen molar-refractivity contribution in [2.75, 3.05) is 0 Å². The fourth-order valence-electron chi connectivity index (χ4n) is 1.41. The molecule has 16 heavy (non-hydrogen) atoms. The summed E-state index contributed by atoms with van der Waals surface area (Å²) in [6, 6.07) is -0.0767. The fourth-order valence-corrected chi connectivity index (χ4v) is 1.41. The zero-order chi connectivity index (χ0) is 11.8. The van der Waals surface area contributed by atoms with Crippen LogP contribution in [0.15, 0.2) is 4.52 Å². The molecule has 5 heteroatoms. The molecule has 1 unspecified atom stereocenters. The van der Waals surface area contributed by atoms with Crippen molar-refractivity contribution in [1.82, 2.24) is 10.1 Å². The standard InChI is InChI=1S/C11H19N3O2/c1-11(2,3)15-6-8-13-10(14-16-8)9(12)7-4-5-7/h7,9H,4-6,12H2,1-3H3. The topological polar surface area (TPSA) is 74.2 Å². The van der Waals surface area contributed by atoms with Gasteiger partial charge in [-0.15, -0.1) is 0 Å². The second-order valence-corrected chi connectivity index (χ2v) is 5.31. The van der Waals surface area contributed by atoms with Crippen molar-refractivity contribution in [1.29, 1.82) is 0 Å². The van der Waals surface area contributed by atoms with E-state index >= 15 is 0 Å². The van der Waals surface area contributed by atoms with Gasteiger partial charge in [0.05, 0.1) is 11.6 Å². The first-order valence-corrected chi connectivity index (χ1v) is 5.68. The molecule has 1 aromatic rings. The van der Waals surface area contributed by atoms with Crippen molar-refractivity contribution in [2.24, 2.45) is 11.7 Å². The van der Waals surface area contributed by atoms with E-state index in [-0.39, 0.29) is 11.6 Å². The van der Waals surface area contributed by atoms with E-state index in [0.717, 1.165) is 0 Å². The molecule has 1 aliphatic carbocycles. The van der Waals surface area contributed by atoms with Gasteiger partial charge in [-0.05, 0) is 39.5 Å². The summed E-state index contributed by atoms with van der Waals surface area (Å²) in [6.45, 7) is 6.30. The molecule has 1 atom stereocenters. The Morgan fingerprint density at radius 1 is 1.50 bits per heavy atom.